The number of phenolic OH excluding ortho intramolecular Hbond substituents is 1. The quantitative estimate of drug-likeness (QED) is 0.624. The molecule has 0 radical (unpaired) electrons. The maximum absolute atomic E-state index is 9.22. The van der Waals surface area contributed by atoms with Gasteiger partial charge in [0.2, 0.25) is 0 Å². The fraction of sp³-hybridized carbons (Fsp3) is 0.0667. The Balaban J connectivity index is 2.26. The smallest absolute Gasteiger partial charge is 0.115 e. The van der Waals surface area contributed by atoms with Gasteiger partial charge in [0.25, 0.3) is 0 Å². The van der Waals surface area contributed by atoms with Gasteiger partial charge < -0.3 is 5.11 Å². The molecule has 17 heavy (non-hydrogen) atoms. The zero-order valence-corrected chi connectivity index (χ0v) is 10.7. The van der Waals surface area contributed by atoms with Crippen LogP contribution in [0.1, 0.15) is 5.56 Å². The number of hydrogen-bond donors (Lipinski definition) is 1. The summed E-state index contributed by atoms with van der Waals surface area (Å²) in [7, 11) is 0. The van der Waals surface area contributed by atoms with Gasteiger partial charge in [0.15, 0.2) is 0 Å². The third-order valence-electron chi connectivity index (χ3n) is 2.39. The second-order valence-corrected chi connectivity index (χ2v) is 4.12. The van der Waals surface area contributed by atoms with E-state index in [2.05, 4.69) is 27.8 Å². The predicted octanol–water partition coefficient (Wildman–Crippen LogP) is 3.81. The summed E-state index contributed by atoms with van der Waals surface area (Å²) in [6, 6.07) is 15.2. The first-order chi connectivity index (χ1) is 8.29. The molecule has 0 bridgehead atoms. The molecule has 2 aromatic carbocycles. The fourth-order valence-electron chi connectivity index (χ4n) is 1.54. The van der Waals surface area contributed by atoms with Crippen molar-refractivity contribution in [3.63, 3.8) is 0 Å². The van der Waals surface area contributed by atoms with E-state index in [-0.39, 0.29) is 5.75 Å². The monoisotopic (exact) mass is 286 g/mol. The molecule has 0 aromatic heterocycles. The third-order valence-corrected chi connectivity index (χ3v) is 2.67. The van der Waals surface area contributed by atoms with Crippen molar-refractivity contribution in [2.45, 2.75) is 0 Å². The molecule has 2 aromatic rings. The molecule has 1 N–H and O–H groups in total. The highest BCUT2D eigenvalue weighted by Gasteiger charge is 1.97. The van der Waals surface area contributed by atoms with E-state index in [1.54, 1.807) is 12.1 Å². The number of alkyl halides is 1. The summed E-state index contributed by atoms with van der Waals surface area (Å²) in [5.74, 6) is 6.30. The Hall–Kier alpha value is -1.72. The minimum atomic E-state index is 0.286. The number of hydrogen-bond acceptors (Lipinski definition) is 1. The van der Waals surface area contributed by atoms with Crippen molar-refractivity contribution >= 4 is 15.9 Å². The number of aromatic hydroxyl groups is 1. The molecule has 84 valence electrons. The lowest BCUT2D eigenvalue weighted by Crippen LogP contribution is -1.79. The topological polar surface area (TPSA) is 20.2 Å². The molecule has 2 rings (SSSR count). The lowest BCUT2D eigenvalue weighted by Gasteiger charge is -2.01. The van der Waals surface area contributed by atoms with Gasteiger partial charge in [0.05, 0.1) is 5.33 Å². The van der Waals surface area contributed by atoms with Crippen molar-refractivity contribution in [1.82, 2.24) is 0 Å². The normalized spacial score (nSPS) is 9.47. The Morgan fingerprint density at radius 3 is 1.94 bits per heavy atom. The molecular weight excluding hydrogens is 276 g/mol. The van der Waals surface area contributed by atoms with Crippen LogP contribution in [0.3, 0.4) is 0 Å². The molecule has 0 aliphatic rings. The number of phenols is 1. The Bertz CT molecular complexity index is 544. The zero-order valence-electron chi connectivity index (χ0n) is 9.15. The van der Waals surface area contributed by atoms with Crippen molar-refractivity contribution in [3.05, 3.63) is 54.1 Å². The molecule has 0 saturated carbocycles. The lowest BCUT2D eigenvalue weighted by molar-refractivity contribution is 0.475. The van der Waals surface area contributed by atoms with Gasteiger partial charge in [-0.15, -0.1) is 0 Å². The average molecular weight is 287 g/mol. The van der Waals surface area contributed by atoms with E-state index in [1.807, 2.05) is 36.4 Å². The van der Waals surface area contributed by atoms with Gasteiger partial charge >= 0.3 is 0 Å². The van der Waals surface area contributed by atoms with Gasteiger partial charge in [-0.3, -0.25) is 0 Å². The van der Waals surface area contributed by atoms with Crippen LogP contribution in [0, 0.1) is 11.8 Å². The highest BCUT2D eigenvalue weighted by molar-refractivity contribution is 9.09. The van der Waals surface area contributed by atoms with Gasteiger partial charge in [0.1, 0.15) is 5.75 Å². The first-order valence-corrected chi connectivity index (χ1v) is 6.36. The molecular formula is C15H11BrO. The fourth-order valence-corrected chi connectivity index (χ4v) is 1.68. The maximum atomic E-state index is 9.22. The van der Waals surface area contributed by atoms with Crippen molar-refractivity contribution in [1.29, 1.82) is 0 Å². The van der Waals surface area contributed by atoms with E-state index < -0.39 is 0 Å². The van der Waals surface area contributed by atoms with Crippen LogP contribution in [0.5, 0.6) is 5.75 Å². The van der Waals surface area contributed by atoms with E-state index in [0.717, 1.165) is 16.7 Å². The summed E-state index contributed by atoms with van der Waals surface area (Å²) in [5.41, 5.74) is 3.21. The first kappa shape index (κ1) is 11.8. The molecule has 0 saturated heterocycles. The second-order valence-electron chi connectivity index (χ2n) is 3.56. The van der Waals surface area contributed by atoms with Gasteiger partial charge in [-0.05, 0) is 35.4 Å². The van der Waals surface area contributed by atoms with Crippen LogP contribution < -0.4 is 0 Å². The number of rotatable bonds is 1. The predicted molar refractivity (Wildman–Crippen MR) is 74.2 cm³/mol. The summed E-state index contributed by atoms with van der Waals surface area (Å²) in [5, 5.41) is 9.91. The highest BCUT2D eigenvalue weighted by atomic mass is 79.9. The molecule has 2 heteroatoms. The molecule has 0 heterocycles. The number of benzene rings is 2. The van der Waals surface area contributed by atoms with Crippen LogP contribution in [-0.2, 0) is 0 Å². The van der Waals surface area contributed by atoms with E-state index in [9.17, 15) is 5.11 Å². The Kier molecular flexibility index (Phi) is 3.85. The highest BCUT2D eigenvalue weighted by Crippen LogP contribution is 2.21. The molecule has 0 unspecified atom stereocenters. The SMILES string of the molecule is Oc1ccc(-c2ccc(C#CCBr)cc2)cc1. The van der Waals surface area contributed by atoms with Crippen LogP contribution >= 0.6 is 15.9 Å². The van der Waals surface area contributed by atoms with Crippen LogP contribution in [0.25, 0.3) is 11.1 Å². The molecule has 1 nitrogen and oxygen atoms in total. The summed E-state index contributed by atoms with van der Waals surface area (Å²) < 4.78 is 0. The standard InChI is InChI=1S/C15H11BrO/c16-11-1-2-12-3-5-13(6-4-12)14-7-9-15(17)10-8-14/h3-10,17H,11H2. The van der Waals surface area contributed by atoms with Crippen LogP contribution in [0.15, 0.2) is 48.5 Å². The van der Waals surface area contributed by atoms with Crippen molar-refractivity contribution < 1.29 is 5.11 Å². The van der Waals surface area contributed by atoms with E-state index in [0.29, 0.717) is 5.33 Å². The molecule has 0 fully saturated rings. The second kappa shape index (κ2) is 5.56. The van der Waals surface area contributed by atoms with Crippen molar-refractivity contribution in [2.24, 2.45) is 0 Å². The van der Waals surface area contributed by atoms with Crippen molar-refractivity contribution in [2.75, 3.05) is 5.33 Å². The van der Waals surface area contributed by atoms with Gasteiger partial charge in [-0.25, -0.2) is 0 Å². The molecule has 0 spiro atoms. The Morgan fingerprint density at radius 2 is 1.41 bits per heavy atom. The Morgan fingerprint density at radius 1 is 0.882 bits per heavy atom. The summed E-state index contributed by atoms with van der Waals surface area (Å²) >= 11 is 3.27. The maximum Gasteiger partial charge on any atom is 0.115 e. The summed E-state index contributed by atoms with van der Waals surface area (Å²) in [6.07, 6.45) is 0. The van der Waals surface area contributed by atoms with Gasteiger partial charge in [-0.2, -0.15) is 0 Å². The van der Waals surface area contributed by atoms with E-state index >= 15 is 0 Å². The molecule has 0 atom stereocenters. The van der Waals surface area contributed by atoms with Gasteiger partial charge in [0, 0.05) is 5.56 Å². The minimum absolute atomic E-state index is 0.286. The lowest BCUT2D eigenvalue weighted by atomic mass is 10.0. The summed E-state index contributed by atoms with van der Waals surface area (Å²) in [4.78, 5) is 0. The van der Waals surface area contributed by atoms with Crippen LogP contribution in [0.4, 0.5) is 0 Å². The van der Waals surface area contributed by atoms with Crippen LogP contribution in [-0.4, -0.2) is 10.4 Å². The Labute approximate surface area is 109 Å². The minimum Gasteiger partial charge on any atom is -0.508 e. The number of halogens is 1. The van der Waals surface area contributed by atoms with Crippen LogP contribution in [0.2, 0.25) is 0 Å². The summed E-state index contributed by atoms with van der Waals surface area (Å²) in [6.45, 7) is 0. The van der Waals surface area contributed by atoms with E-state index in [4.69, 9.17) is 0 Å². The third kappa shape index (κ3) is 3.12. The van der Waals surface area contributed by atoms with Gasteiger partial charge in [-0.1, -0.05) is 52.0 Å². The van der Waals surface area contributed by atoms with Crippen molar-refractivity contribution in [3.8, 4) is 28.7 Å². The molecule has 0 aliphatic carbocycles. The molecule has 0 amide bonds. The average Bonchev–Trinajstić information content (AvgIpc) is 2.38. The largest absolute Gasteiger partial charge is 0.508 e. The zero-order chi connectivity index (χ0) is 12.1. The first-order valence-electron chi connectivity index (χ1n) is 5.24. The molecule has 0 aliphatic heterocycles. The van der Waals surface area contributed by atoms with E-state index in [1.165, 1.54) is 0 Å².